The standard InChI is InChI=1S/C15H15BrN2OS/c16-12-5-6-20-14(12)9-18-15(19)13-7-10-3-1-2-4-11(10)8-17-13/h1-6,13,17H,7-9H2,(H,18,19)/t13-/m0/s1. The van der Waals surface area contributed by atoms with Gasteiger partial charge < -0.3 is 10.6 Å². The number of nitrogens with one attached hydrogen (secondary N) is 2. The van der Waals surface area contributed by atoms with Crippen LogP contribution in [-0.2, 0) is 24.3 Å². The van der Waals surface area contributed by atoms with Gasteiger partial charge in [0.1, 0.15) is 0 Å². The molecule has 0 radical (unpaired) electrons. The first-order valence-corrected chi connectivity index (χ1v) is 8.21. The fraction of sp³-hybridized carbons (Fsp3) is 0.267. The Morgan fingerprint density at radius 2 is 2.15 bits per heavy atom. The summed E-state index contributed by atoms with van der Waals surface area (Å²) in [5.74, 6) is 0.0693. The van der Waals surface area contributed by atoms with Crippen LogP contribution in [0.5, 0.6) is 0 Å². The van der Waals surface area contributed by atoms with Crippen molar-refractivity contribution < 1.29 is 4.79 Å². The summed E-state index contributed by atoms with van der Waals surface area (Å²) in [6.07, 6.45) is 0.758. The Morgan fingerprint density at radius 1 is 1.35 bits per heavy atom. The second kappa shape index (κ2) is 6.08. The second-order valence-electron chi connectivity index (χ2n) is 4.82. The van der Waals surface area contributed by atoms with E-state index in [-0.39, 0.29) is 11.9 Å². The van der Waals surface area contributed by atoms with E-state index in [4.69, 9.17) is 0 Å². The van der Waals surface area contributed by atoms with Gasteiger partial charge in [-0.15, -0.1) is 11.3 Å². The lowest BCUT2D eigenvalue weighted by Gasteiger charge is -2.25. The maximum atomic E-state index is 12.2. The molecule has 1 amide bonds. The van der Waals surface area contributed by atoms with Gasteiger partial charge in [0.05, 0.1) is 12.6 Å². The molecule has 2 aromatic rings. The summed E-state index contributed by atoms with van der Waals surface area (Å²) < 4.78 is 1.06. The number of halogens is 1. The summed E-state index contributed by atoms with van der Waals surface area (Å²) in [5, 5.41) is 8.32. The van der Waals surface area contributed by atoms with Crippen LogP contribution in [0.3, 0.4) is 0 Å². The third-order valence-corrected chi connectivity index (χ3v) is 5.44. The van der Waals surface area contributed by atoms with Crippen molar-refractivity contribution in [2.75, 3.05) is 0 Å². The van der Waals surface area contributed by atoms with Crippen molar-refractivity contribution in [1.29, 1.82) is 0 Å². The smallest absolute Gasteiger partial charge is 0.237 e. The highest BCUT2D eigenvalue weighted by molar-refractivity contribution is 9.10. The summed E-state index contributed by atoms with van der Waals surface area (Å²) in [5.41, 5.74) is 2.56. The molecule has 20 heavy (non-hydrogen) atoms. The summed E-state index contributed by atoms with van der Waals surface area (Å²) in [6.45, 7) is 1.34. The first-order chi connectivity index (χ1) is 9.74. The van der Waals surface area contributed by atoms with Crippen LogP contribution in [0.15, 0.2) is 40.2 Å². The number of hydrogen-bond donors (Lipinski definition) is 2. The van der Waals surface area contributed by atoms with Crippen molar-refractivity contribution in [2.24, 2.45) is 0 Å². The lowest BCUT2D eigenvalue weighted by atomic mass is 9.95. The predicted molar refractivity (Wildman–Crippen MR) is 84.6 cm³/mol. The molecule has 0 saturated heterocycles. The maximum absolute atomic E-state index is 12.2. The molecule has 2 N–H and O–H groups in total. The summed E-state index contributed by atoms with van der Waals surface area (Å²) in [6, 6.07) is 10.1. The summed E-state index contributed by atoms with van der Waals surface area (Å²) in [7, 11) is 0. The Kier molecular flexibility index (Phi) is 4.19. The molecule has 1 aliphatic heterocycles. The summed E-state index contributed by atoms with van der Waals surface area (Å²) in [4.78, 5) is 13.4. The molecular weight excluding hydrogens is 336 g/mol. The fourth-order valence-corrected chi connectivity index (χ4v) is 3.81. The van der Waals surface area contributed by atoms with E-state index >= 15 is 0 Å². The van der Waals surface area contributed by atoms with E-state index in [0.29, 0.717) is 6.54 Å². The highest BCUT2D eigenvalue weighted by Gasteiger charge is 2.23. The molecule has 1 aromatic heterocycles. The van der Waals surface area contributed by atoms with Crippen LogP contribution in [0.25, 0.3) is 0 Å². The number of hydrogen-bond acceptors (Lipinski definition) is 3. The van der Waals surface area contributed by atoms with E-state index in [1.165, 1.54) is 11.1 Å². The zero-order valence-corrected chi connectivity index (χ0v) is 13.3. The maximum Gasteiger partial charge on any atom is 0.237 e. The molecule has 0 unspecified atom stereocenters. The van der Waals surface area contributed by atoms with E-state index in [1.807, 2.05) is 23.6 Å². The Bertz CT molecular complexity index is 626. The Labute approximate surface area is 130 Å². The number of rotatable bonds is 3. The van der Waals surface area contributed by atoms with Gasteiger partial charge >= 0.3 is 0 Å². The highest BCUT2D eigenvalue weighted by atomic mass is 79.9. The molecule has 2 heterocycles. The van der Waals surface area contributed by atoms with Gasteiger partial charge in [0, 0.05) is 15.9 Å². The first-order valence-electron chi connectivity index (χ1n) is 6.54. The SMILES string of the molecule is O=C(NCc1sccc1Br)[C@@H]1Cc2ccccc2CN1. The minimum absolute atomic E-state index is 0.0693. The molecule has 1 aromatic carbocycles. The Hall–Kier alpha value is -1.17. The normalized spacial score (nSPS) is 17.6. The van der Waals surface area contributed by atoms with Gasteiger partial charge in [-0.3, -0.25) is 4.79 Å². The molecule has 0 fully saturated rings. The van der Waals surface area contributed by atoms with Crippen molar-refractivity contribution in [3.63, 3.8) is 0 Å². The molecule has 1 atom stereocenters. The highest BCUT2D eigenvalue weighted by Crippen LogP contribution is 2.22. The quantitative estimate of drug-likeness (QED) is 0.893. The van der Waals surface area contributed by atoms with Crippen molar-refractivity contribution in [2.45, 2.75) is 25.6 Å². The van der Waals surface area contributed by atoms with E-state index in [0.717, 1.165) is 22.3 Å². The molecule has 5 heteroatoms. The molecule has 104 valence electrons. The van der Waals surface area contributed by atoms with Crippen molar-refractivity contribution in [3.05, 3.63) is 56.2 Å². The van der Waals surface area contributed by atoms with Crippen LogP contribution in [0.4, 0.5) is 0 Å². The lowest BCUT2D eigenvalue weighted by Crippen LogP contribution is -2.47. The van der Waals surface area contributed by atoms with E-state index in [1.54, 1.807) is 11.3 Å². The minimum Gasteiger partial charge on any atom is -0.350 e. The number of carbonyl (C=O) groups is 1. The van der Waals surface area contributed by atoms with Crippen molar-refractivity contribution >= 4 is 33.2 Å². The molecular formula is C15H15BrN2OS. The molecule has 0 spiro atoms. The molecule has 3 nitrogen and oxygen atoms in total. The van der Waals surface area contributed by atoms with Crippen molar-refractivity contribution in [1.82, 2.24) is 10.6 Å². The first kappa shape index (κ1) is 13.8. The predicted octanol–water partition coefficient (Wildman–Crippen LogP) is 2.84. The molecule has 1 aliphatic rings. The van der Waals surface area contributed by atoms with Gasteiger partial charge in [0.2, 0.25) is 5.91 Å². The Morgan fingerprint density at radius 3 is 2.90 bits per heavy atom. The van der Waals surface area contributed by atoms with Crippen LogP contribution in [0.2, 0.25) is 0 Å². The van der Waals surface area contributed by atoms with Gasteiger partial charge in [-0.2, -0.15) is 0 Å². The molecule has 0 aliphatic carbocycles. The van der Waals surface area contributed by atoms with Crippen LogP contribution in [-0.4, -0.2) is 11.9 Å². The third-order valence-electron chi connectivity index (χ3n) is 3.51. The topological polar surface area (TPSA) is 41.1 Å². The average Bonchev–Trinajstić information content (AvgIpc) is 2.89. The monoisotopic (exact) mass is 350 g/mol. The minimum atomic E-state index is -0.136. The lowest BCUT2D eigenvalue weighted by molar-refractivity contribution is -0.123. The number of fused-ring (bicyclic) bond motifs is 1. The van der Waals surface area contributed by atoms with Crippen molar-refractivity contribution in [3.8, 4) is 0 Å². The van der Waals surface area contributed by atoms with Crippen LogP contribution >= 0.6 is 27.3 Å². The number of carbonyl (C=O) groups excluding carboxylic acids is 1. The van der Waals surface area contributed by atoms with Crippen LogP contribution in [0, 0.1) is 0 Å². The van der Waals surface area contributed by atoms with E-state index in [9.17, 15) is 4.79 Å². The second-order valence-corrected chi connectivity index (χ2v) is 6.67. The zero-order chi connectivity index (χ0) is 13.9. The number of amides is 1. The van der Waals surface area contributed by atoms with E-state index < -0.39 is 0 Å². The van der Waals surface area contributed by atoms with Gasteiger partial charge in [0.15, 0.2) is 0 Å². The van der Waals surface area contributed by atoms with E-state index in [2.05, 4.69) is 38.7 Å². The average molecular weight is 351 g/mol. The largest absolute Gasteiger partial charge is 0.350 e. The number of benzene rings is 1. The Balaban J connectivity index is 1.60. The van der Waals surface area contributed by atoms with Gasteiger partial charge in [-0.05, 0) is 44.9 Å². The fourth-order valence-electron chi connectivity index (χ4n) is 2.38. The molecule has 3 rings (SSSR count). The van der Waals surface area contributed by atoms with Gasteiger partial charge in [0.25, 0.3) is 0 Å². The van der Waals surface area contributed by atoms with Gasteiger partial charge in [-0.1, -0.05) is 24.3 Å². The molecule has 0 saturated carbocycles. The van der Waals surface area contributed by atoms with Crippen LogP contribution < -0.4 is 10.6 Å². The zero-order valence-electron chi connectivity index (χ0n) is 10.9. The number of thiophene rings is 1. The summed E-state index contributed by atoms with van der Waals surface area (Å²) >= 11 is 5.12. The van der Waals surface area contributed by atoms with Gasteiger partial charge in [-0.25, -0.2) is 0 Å². The van der Waals surface area contributed by atoms with Crippen LogP contribution in [0.1, 0.15) is 16.0 Å². The molecule has 0 bridgehead atoms. The third kappa shape index (κ3) is 2.95.